The highest BCUT2D eigenvalue weighted by Crippen LogP contribution is 2.38. The normalized spacial score (nSPS) is 19.7. The largest absolute Gasteiger partial charge is 0.325 e. The molecule has 3 heteroatoms. The number of unbranched alkanes of at least 4 members (excludes halogenated alkanes) is 1. The van der Waals surface area contributed by atoms with Gasteiger partial charge in [0.15, 0.2) is 0 Å². The molecule has 0 amide bonds. The molecule has 0 heterocycles. The number of hydrogen-bond donors (Lipinski definition) is 2. The molecule has 0 aliphatic heterocycles. The minimum absolute atomic E-state index is 0.182. The highest BCUT2D eigenvalue weighted by molar-refractivity contribution is 5.34. The predicted molar refractivity (Wildman–Crippen MR) is 104 cm³/mol. The van der Waals surface area contributed by atoms with Crippen molar-refractivity contribution in [1.29, 1.82) is 0 Å². The quantitative estimate of drug-likeness (QED) is 0.498. The van der Waals surface area contributed by atoms with Gasteiger partial charge in [-0.25, -0.2) is 0 Å². The van der Waals surface area contributed by atoms with Gasteiger partial charge in [0.25, 0.3) is 0 Å². The van der Waals surface area contributed by atoms with E-state index in [0.29, 0.717) is 12.1 Å². The Balaban J connectivity index is 2.24. The second-order valence-electron chi connectivity index (χ2n) is 7.50. The maximum absolute atomic E-state index is 6.63. The van der Waals surface area contributed by atoms with Crippen LogP contribution in [-0.4, -0.2) is 29.7 Å². The van der Waals surface area contributed by atoms with Gasteiger partial charge >= 0.3 is 0 Å². The molecule has 2 rings (SSSR count). The molecule has 0 aromatic heterocycles. The van der Waals surface area contributed by atoms with Gasteiger partial charge in [0, 0.05) is 18.1 Å². The number of nitrogens with zero attached hydrogens (tertiary/aromatic N) is 1. The molecule has 3 N–H and O–H groups in total. The Hall–Kier alpha value is -0.900. The zero-order chi connectivity index (χ0) is 17.5. The molecular weight excluding hydrogens is 294 g/mol. The van der Waals surface area contributed by atoms with E-state index in [2.05, 4.69) is 62.2 Å². The van der Waals surface area contributed by atoms with Crippen molar-refractivity contribution in [3.8, 4) is 0 Å². The third-order valence-electron chi connectivity index (χ3n) is 5.29. The van der Waals surface area contributed by atoms with Crippen molar-refractivity contribution in [3.63, 3.8) is 0 Å². The molecule has 0 saturated carbocycles. The molecule has 0 spiro atoms. The minimum atomic E-state index is 0.182. The average Bonchev–Trinajstić information content (AvgIpc) is 2.98. The van der Waals surface area contributed by atoms with E-state index >= 15 is 0 Å². The Morgan fingerprint density at radius 1 is 1.21 bits per heavy atom. The standard InChI is InChI=1S/C21H37N3/c1-5-7-15-23-21(19(22)10-6-2)24(16(3)4)20-14-13-17-11-8-9-12-18(17)20/h8-9,11-12,16,19-21,23H,5-7,10,13-15,22H2,1-4H3/t19?,20-,21?/m1/s1. The van der Waals surface area contributed by atoms with Crippen LogP contribution in [0.2, 0.25) is 0 Å². The van der Waals surface area contributed by atoms with Crippen molar-refractivity contribution >= 4 is 0 Å². The second-order valence-corrected chi connectivity index (χ2v) is 7.50. The Morgan fingerprint density at radius 2 is 1.96 bits per heavy atom. The molecule has 1 aromatic rings. The van der Waals surface area contributed by atoms with Gasteiger partial charge in [0.2, 0.25) is 0 Å². The van der Waals surface area contributed by atoms with Crippen molar-refractivity contribution < 1.29 is 0 Å². The molecule has 136 valence electrons. The molecule has 0 saturated heterocycles. The number of nitrogens with two attached hydrogens (primary N) is 1. The molecule has 1 aliphatic carbocycles. The minimum Gasteiger partial charge on any atom is -0.325 e. The molecule has 0 fully saturated rings. The molecule has 1 aliphatic rings. The summed E-state index contributed by atoms with van der Waals surface area (Å²) in [5, 5.41) is 3.80. The zero-order valence-electron chi connectivity index (χ0n) is 16.1. The van der Waals surface area contributed by atoms with Gasteiger partial charge in [-0.2, -0.15) is 0 Å². The highest BCUT2D eigenvalue weighted by atomic mass is 15.3. The zero-order valence-corrected chi connectivity index (χ0v) is 16.1. The van der Waals surface area contributed by atoms with Crippen LogP contribution >= 0.6 is 0 Å². The number of nitrogens with one attached hydrogen (secondary N) is 1. The van der Waals surface area contributed by atoms with E-state index in [9.17, 15) is 0 Å². The molecular formula is C21H37N3. The summed E-state index contributed by atoms with van der Waals surface area (Å²) in [5.74, 6) is 0. The van der Waals surface area contributed by atoms with Crippen molar-refractivity contribution in [1.82, 2.24) is 10.2 Å². The monoisotopic (exact) mass is 331 g/mol. The Morgan fingerprint density at radius 3 is 2.62 bits per heavy atom. The molecule has 3 nitrogen and oxygen atoms in total. The first-order valence-corrected chi connectivity index (χ1v) is 9.94. The van der Waals surface area contributed by atoms with Crippen LogP contribution < -0.4 is 11.1 Å². The Labute approximate surface area is 149 Å². The predicted octanol–water partition coefficient (Wildman–Crippen LogP) is 4.23. The molecule has 24 heavy (non-hydrogen) atoms. The van der Waals surface area contributed by atoms with Gasteiger partial charge in [-0.05, 0) is 57.2 Å². The lowest BCUT2D eigenvalue weighted by Crippen LogP contribution is -2.59. The van der Waals surface area contributed by atoms with Gasteiger partial charge in [-0.15, -0.1) is 0 Å². The van der Waals surface area contributed by atoms with Crippen LogP contribution in [0.1, 0.15) is 77.0 Å². The average molecular weight is 332 g/mol. The fourth-order valence-corrected chi connectivity index (χ4v) is 4.12. The van der Waals surface area contributed by atoms with E-state index in [1.165, 1.54) is 36.8 Å². The summed E-state index contributed by atoms with van der Waals surface area (Å²) < 4.78 is 0. The van der Waals surface area contributed by atoms with Crippen molar-refractivity contribution in [3.05, 3.63) is 35.4 Å². The summed E-state index contributed by atoms with van der Waals surface area (Å²) >= 11 is 0. The topological polar surface area (TPSA) is 41.3 Å². The first-order chi connectivity index (χ1) is 11.6. The number of benzene rings is 1. The lowest BCUT2D eigenvalue weighted by Gasteiger charge is -2.43. The van der Waals surface area contributed by atoms with E-state index in [1.54, 1.807) is 0 Å². The molecule has 3 atom stereocenters. The fourth-order valence-electron chi connectivity index (χ4n) is 4.12. The summed E-state index contributed by atoms with van der Waals surface area (Å²) in [4.78, 5) is 2.65. The summed E-state index contributed by atoms with van der Waals surface area (Å²) in [5.41, 5.74) is 9.66. The number of rotatable bonds is 10. The van der Waals surface area contributed by atoms with E-state index in [-0.39, 0.29) is 12.2 Å². The van der Waals surface area contributed by atoms with Gasteiger partial charge in [-0.1, -0.05) is 51.0 Å². The Kier molecular flexibility index (Phi) is 7.73. The van der Waals surface area contributed by atoms with Crippen LogP contribution in [-0.2, 0) is 6.42 Å². The van der Waals surface area contributed by atoms with Crippen LogP contribution in [0.3, 0.4) is 0 Å². The molecule has 2 unspecified atom stereocenters. The van der Waals surface area contributed by atoms with E-state index in [0.717, 1.165) is 19.4 Å². The van der Waals surface area contributed by atoms with Crippen LogP contribution in [0, 0.1) is 0 Å². The highest BCUT2D eigenvalue weighted by Gasteiger charge is 2.35. The van der Waals surface area contributed by atoms with Gasteiger partial charge in [0.1, 0.15) is 0 Å². The fraction of sp³-hybridized carbons (Fsp3) is 0.714. The van der Waals surface area contributed by atoms with Crippen molar-refractivity contribution in [2.24, 2.45) is 5.73 Å². The van der Waals surface area contributed by atoms with Gasteiger partial charge in [0.05, 0.1) is 6.17 Å². The third kappa shape index (κ3) is 4.59. The summed E-state index contributed by atoms with van der Waals surface area (Å²) in [6.07, 6.45) is 7.30. The summed E-state index contributed by atoms with van der Waals surface area (Å²) in [6, 6.07) is 10.1. The second kappa shape index (κ2) is 9.55. The lowest BCUT2D eigenvalue weighted by molar-refractivity contribution is 0.0547. The van der Waals surface area contributed by atoms with E-state index in [1.807, 2.05) is 0 Å². The van der Waals surface area contributed by atoms with Crippen molar-refractivity contribution in [2.75, 3.05) is 6.54 Å². The van der Waals surface area contributed by atoms with Crippen molar-refractivity contribution in [2.45, 2.75) is 90.5 Å². The van der Waals surface area contributed by atoms with E-state index in [4.69, 9.17) is 5.73 Å². The van der Waals surface area contributed by atoms with Gasteiger partial charge < -0.3 is 11.1 Å². The number of hydrogen-bond acceptors (Lipinski definition) is 3. The maximum atomic E-state index is 6.63. The summed E-state index contributed by atoms with van der Waals surface area (Å²) in [6.45, 7) is 10.2. The SMILES string of the molecule is CCCCNC(C(N)CCC)N(C(C)C)[C@@H]1CCc2ccccc21. The number of fused-ring (bicyclic) bond motifs is 1. The summed E-state index contributed by atoms with van der Waals surface area (Å²) in [7, 11) is 0. The van der Waals surface area contributed by atoms with Crippen LogP contribution in [0.4, 0.5) is 0 Å². The third-order valence-corrected chi connectivity index (χ3v) is 5.29. The first kappa shape index (κ1) is 19.4. The smallest absolute Gasteiger partial charge is 0.0760 e. The maximum Gasteiger partial charge on any atom is 0.0760 e. The van der Waals surface area contributed by atoms with E-state index < -0.39 is 0 Å². The molecule has 1 aromatic carbocycles. The lowest BCUT2D eigenvalue weighted by atomic mass is 10.0. The first-order valence-electron chi connectivity index (χ1n) is 9.94. The number of aryl methyl sites for hydroxylation is 1. The van der Waals surface area contributed by atoms with Crippen LogP contribution in [0.5, 0.6) is 0 Å². The molecule has 0 bridgehead atoms. The Bertz CT molecular complexity index is 486. The van der Waals surface area contributed by atoms with Crippen LogP contribution in [0.15, 0.2) is 24.3 Å². The van der Waals surface area contributed by atoms with Gasteiger partial charge in [-0.3, -0.25) is 4.90 Å². The molecule has 0 radical (unpaired) electrons. The van der Waals surface area contributed by atoms with Crippen LogP contribution in [0.25, 0.3) is 0 Å².